The zero-order chi connectivity index (χ0) is 22.4. The number of ketones is 1. The molecule has 2 atom stereocenters. The molecule has 0 spiro atoms. The lowest BCUT2D eigenvalue weighted by atomic mass is 9.73. The van der Waals surface area contributed by atoms with E-state index < -0.39 is 5.92 Å². The first-order chi connectivity index (χ1) is 15.5. The molecule has 9 heteroatoms. The summed E-state index contributed by atoms with van der Waals surface area (Å²) < 4.78 is 16.6. The number of allylic oxidation sites excluding steroid dienone is 2. The molecule has 0 saturated heterocycles. The van der Waals surface area contributed by atoms with Crippen LogP contribution in [-0.4, -0.2) is 37.3 Å². The molecule has 0 bridgehead atoms. The fourth-order valence-corrected chi connectivity index (χ4v) is 5.57. The molecule has 3 aromatic rings. The lowest BCUT2D eigenvalue weighted by Crippen LogP contribution is -2.31. The van der Waals surface area contributed by atoms with Crippen LogP contribution >= 0.6 is 11.3 Å². The Kier molecular flexibility index (Phi) is 5.05. The van der Waals surface area contributed by atoms with Crippen LogP contribution in [0.3, 0.4) is 0 Å². The average Bonchev–Trinajstić information content (AvgIpc) is 3.47. The number of ether oxygens (including phenoxy) is 3. The second-order valence-electron chi connectivity index (χ2n) is 7.81. The number of anilines is 1. The lowest BCUT2D eigenvalue weighted by molar-refractivity contribution is -0.116. The lowest BCUT2D eigenvalue weighted by Gasteiger charge is -2.34. The molecule has 0 saturated carbocycles. The van der Waals surface area contributed by atoms with E-state index in [4.69, 9.17) is 14.2 Å². The van der Waals surface area contributed by atoms with E-state index >= 15 is 0 Å². The van der Waals surface area contributed by atoms with Gasteiger partial charge in [0, 0.05) is 40.1 Å². The molecule has 2 aromatic heterocycles. The van der Waals surface area contributed by atoms with E-state index in [0.29, 0.717) is 52.6 Å². The summed E-state index contributed by atoms with van der Waals surface area (Å²) in [5.74, 6) is 1.61. The molecule has 32 heavy (non-hydrogen) atoms. The number of hydrogen-bond acceptors (Lipinski definition) is 7. The number of thiophene rings is 1. The Morgan fingerprint density at radius 2 is 1.72 bits per heavy atom. The summed E-state index contributed by atoms with van der Waals surface area (Å²) in [7, 11) is 4.65. The second-order valence-corrected chi connectivity index (χ2v) is 8.79. The largest absolute Gasteiger partial charge is 0.496 e. The quantitative estimate of drug-likeness (QED) is 0.543. The molecule has 166 valence electrons. The van der Waals surface area contributed by atoms with Crippen LogP contribution in [0, 0.1) is 0 Å². The van der Waals surface area contributed by atoms with E-state index in [9.17, 15) is 9.59 Å². The van der Waals surface area contributed by atoms with Crippen LogP contribution in [0.2, 0.25) is 0 Å². The molecule has 0 amide bonds. The van der Waals surface area contributed by atoms with Gasteiger partial charge in [-0.3, -0.25) is 19.8 Å². The number of carbonyl (C=O) groups excluding carboxylic acids is 1. The Morgan fingerprint density at radius 3 is 2.41 bits per heavy atom. The van der Waals surface area contributed by atoms with Gasteiger partial charge in [-0.05, 0) is 23.9 Å². The van der Waals surface area contributed by atoms with Crippen LogP contribution in [0.15, 0.2) is 45.7 Å². The van der Waals surface area contributed by atoms with Crippen molar-refractivity contribution >= 4 is 22.9 Å². The summed E-state index contributed by atoms with van der Waals surface area (Å²) in [6.07, 6.45) is 1.07. The van der Waals surface area contributed by atoms with Crippen molar-refractivity contribution in [3.8, 4) is 17.2 Å². The van der Waals surface area contributed by atoms with Gasteiger partial charge >= 0.3 is 0 Å². The third kappa shape index (κ3) is 3.12. The minimum atomic E-state index is -0.595. The molecular formula is C23H23N3O5S. The van der Waals surface area contributed by atoms with Gasteiger partial charge in [-0.2, -0.15) is 0 Å². The maximum absolute atomic E-state index is 13.5. The maximum Gasteiger partial charge on any atom is 0.270 e. The Bertz CT molecular complexity index is 1270. The van der Waals surface area contributed by atoms with Gasteiger partial charge in [-0.1, -0.05) is 6.07 Å². The van der Waals surface area contributed by atoms with E-state index in [1.165, 1.54) is 4.88 Å². The number of fused-ring (bicyclic) bond motifs is 1. The molecule has 0 radical (unpaired) electrons. The number of benzene rings is 1. The number of aromatic nitrogens is 2. The van der Waals surface area contributed by atoms with Crippen molar-refractivity contribution < 1.29 is 19.0 Å². The molecule has 3 N–H and O–H groups in total. The van der Waals surface area contributed by atoms with Crippen molar-refractivity contribution in [2.75, 3.05) is 26.6 Å². The summed E-state index contributed by atoms with van der Waals surface area (Å²) in [6.45, 7) is 0. The summed E-state index contributed by atoms with van der Waals surface area (Å²) in [5, 5.41) is 10.9. The van der Waals surface area contributed by atoms with Crippen molar-refractivity contribution in [1.82, 2.24) is 10.2 Å². The highest BCUT2D eigenvalue weighted by atomic mass is 32.1. The fourth-order valence-electron chi connectivity index (χ4n) is 4.74. The molecule has 1 aliphatic carbocycles. The highest BCUT2D eigenvalue weighted by molar-refractivity contribution is 7.10. The summed E-state index contributed by atoms with van der Waals surface area (Å²) in [6, 6.07) is 7.57. The minimum absolute atomic E-state index is 0.0187. The van der Waals surface area contributed by atoms with Crippen molar-refractivity contribution in [3.63, 3.8) is 0 Å². The van der Waals surface area contributed by atoms with E-state index in [2.05, 4.69) is 21.6 Å². The number of carbonyl (C=O) groups is 1. The van der Waals surface area contributed by atoms with Crippen LogP contribution in [0.5, 0.6) is 17.2 Å². The van der Waals surface area contributed by atoms with Crippen LogP contribution < -0.4 is 25.1 Å². The number of methoxy groups -OCH3 is 3. The van der Waals surface area contributed by atoms with Crippen molar-refractivity contribution in [2.24, 2.45) is 0 Å². The molecule has 1 aromatic carbocycles. The Balaban J connectivity index is 1.71. The summed E-state index contributed by atoms with van der Waals surface area (Å²) in [5.41, 5.74) is 2.27. The van der Waals surface area contributed by atoms with Gasteiger partial charge in [0.05, 0.1) is 32.8 Å². The van der Waals surface area contributed by atoms with E-state index in [-0.39, 0.29) is 17.3 Å². The number of nitrogens with one attached hydrogen (secondary N) is 3. The Labute approximate surface area is 188 Å². The standard InChI is InChI=1S/C23H23N3O5S/c1-29-15-10-17(31-3)16(30-2)9-12(15)19-20-13(24-22-21(19)23(28)26-25-22)7-11(8-14(20)27)18-5-4-6-32-18/h4-6,9-11,19H,7-8H2,1-3H3,(H3,24,25,26,28)/t11-,19-/m1/s1. The van der Waals surface area contributed by atoms with Crippen LogP contribution in [0.1, 0.15) is 40.7 Å². The van der Waals surface area contributed by atoms with Crippen molar-refractivity contribution in [1.29, 1.82) is 0 Å². The predicted molar refractivity (Wildman–Crippen MR) is 121 cm³/mol. The van der Waals surface area contributed by atoms with Crippen LogP contribution in [0.4, 0.5) is 5.82 Å². The topological polar surface area (TPSA) is 105 Å². The molecular weight excluding hydrogens is 430 g/mol. The van der Waals surface area contributed by atoms with Crippen LogP contribution in [0.25, 0.3) is 0 Å². The second kappa shape index (κ2) is 7.90. The van der Waals surface area contributed by atoms with E-state index in [1.807, 2.05) is 11.4 Å². The van der Waals surface area contributed by atoms with Crippen LogP contribution in [-0.2, 0) is 4.79 Å². The molecule has 0 fully saturated rings. The SMILES string of the molecule is COc1cc(OC)c([C@@H]2C3=C(C[C@@H](c4cccs4)CC3=O)Nc3[nH][nH]c(=O)c32)cc1OC. The summed E-state index contributed by atoms with van der Waals surface area (Å²) >= 11 is 1.66. The predicted octanol–water partition coefficient (Wildman–Crippen LogP) is 3.75. The molecule has 0 unspecified atom stereocenters. The highest BCUT2D eigenvalue weighted by Crippen LogP contribution is 2.50. The third-order valence-corrected chi connectivity index (χ3v) is 7.20. The van der Waals surface area contributed by atoms with Crippen molar-refractivity contribution in [3.05, 3.63) is 67.3 Å². The first kappa shape index (κ1) is 20.4. The number of hydrogen-bond donors (Lipinski definition) is 3. The van der Waals surface area contributed by atoms with E-state index in [1.54, 1.807) is 44.8 Å². The zero-order valence-corrected chi connectivity index (χ0v) is 18.7. The van der Waals surface area contributed by atoms with Gasteiger partial charge in [0.15, 0.2) is 17.3 Å². The number of H-pyrrole nitrogens is 2. The maximum atomic E-state index is 13.5. The number of aromatic amines is 2. The highest BCUT2D eigenvalue weighted by Gasteiger charge is 2.42. The average molecular weight is 454 g/mol. The van der Waals surface area contributed by atoms with Crippen molar-refractivity contribution in [2.45, 2.75) is 24.7 Å². The molecule has 1 aliphatic heterocycles. The minimum Gasteiger partial charge on any atom is -0.496 e. The van der Waals surface area contributed by atoms with Gasteiger partial charge in [0.1, 0.15) is 11.6 Å². The Hall–Kier alpha value is -3.46. The first-order valence-electron chi connectivity index (χ1n) is 10.2. The van der Waals surface area contributed by atoms with Gasteiger partial charge in [0.2, 0.25) is 0 Å². The molecule has 2 aliphatic rings. The van der Waals surface area contributed by atoms with Gasteiger partial charge < -0.3 is 19.5 Å². The van der Waals surface area contributed by atoms with E-state index in [0.717, 1.165) is 5.70 Å². The molecule has 5 rings (SSSR count). The van der Waals surface area contributed by atoms with Gasteiger partial charge in [0.25, 0.3) is 5.56 Å². The van der Waals surface area contributed by atoms with Gasteiger partial charge in [-0.15, -0.1) is 11.3 Å². The number of rotatable bonds is 5. The monoisotopic (exact) mass is 453 g/mol. The molecule has 3 heterocycles. The summed E-state index contributed by atoms with van der Waals surface area (Å²) in [4.78, 5) is 27.5. The zero-order valence-electron chi connectivity index (χ0n) is 17.9. The smallest absolute Gasteiger partial charge is 0.270 e. The number of Topliss-reactive ketones (excluding diaryl/α,β-unsaturated/α-hetero) is 1. The third-order valence-electron chi connectivity index (χ3n) is 6.17. The molecule has 8 nitrogen and oxygen atoms in total. The fraction of sp³-hybridized carbons (Fsp3) is 0.304. The first-order valence-corrected chi connectivity index (χ1v) is 11.1. The Morgan fingerprint density at radius 1 is 0.969 bits per heavy atom. The normalized spacial score (nSPS) is 19.8. The van der Waals surface area contributed by atoms with Gasteiger partial charge in [-0.25, -0.2) is 0 Å².